The van der Waals surface area contributed by atoms with Crippen LogP contribution in [0.15, 0.2) is 0 Å². The molecule has 0 aromatic carbocycles. The summed E-state index contributed by atoms with van der Waals surface area (Å²) in [5.74, 6) is 0. The van der Waals surface area contributed by atoms with Crippen LogP contribution in [-0.2, 0) is 4.74 Å². The third-order valence-corrected chi connectivity index (χ3v) is 1.97. The van der Waals surface area contributed by atoms with Gasteiger partial charge in [0.25, 0.3) is 0 Å². The van der Waals surface area contributed by atoms with Crippen LogP contribution >= 0.6 is 0 Å². The molecule has 0 aliphatic heterocycles. The third kappa shape index (κ3) is 8.22. The molecule has 1 atom stereocenters. The maximum absolute atomic E-state index is 5.70. The highest BCUT2D eigenvalue weighted by atomic mass is 16.5. The highest BCUT2D eigenvalue weighted by Crippen LogP contribution is 1.96. The van der Waals surface area contributed by atoms with Crippen LogP contribution in [0.25, 0.3) is 0 Å². The normalized spacial score (nSPS) is 13.6. The molecule has 0 bridgehead atoms. The number of ether oxygens (including phenoxy) is 1. The van der Waals surface area contributed by atoms with E-state index < -0.39 is 0 Å². The lowest BCUT2D eigenvalue weighted by Gasteiger charge is -2.17. The van der Waals surface area contributed by atoms with Crippen LogP contribution in [-0.4, -0.2) is 51.3 Å². The lowest BCUT2D eigenvalue weighted by atomic mass is 10.3. The van der Waals surface area contributed by atoms with Gasteiger partial charge in [0.2, 0.25) is 0 Å². The second kappa shape index (κ2) is 8.48. The molecule has 0 saturated heterocycles. The zero-order chi connectivity index (χ0) is 10.1. The van der Waals surface area contributed by atoms with Crippen molar-refractivity contribution >= 4 is 0 Å². The van der Waals surface area contributed by atoms with Gasteiger partial charge in [-0.05, 0) is 27.1 Å². The van der Waals surface area contributed by atoms with Gasteiger partial charge in [-0.15, -0.1) is 0 Å². The number of nitrogens with zero attached hydrogens (tertiary/aromatic N) is 1. The summed E-state index contributed by atoms with van der Waals surface area (Å²) < 4.78 is 5.70. The Balaban J connectivity index is 3.36. The molecule has 0 fully saturated rings. The second-order valence-corrected chi connectivity index (χ2v) is 3.51. The summed E-state index contributed by atoms with van der Waals surface area (Å²) in [4.78, 5) is 2.14. The first-order chi connectivity index (χ1) is 6.20. The predicted molar refractivity (Wildman–Crippen MR) is 57.1 cm³/mol. The average molecular weight is 188 g/mol. The first kappa shape index (κ1) is 12.9. The summed E-state index contributed by atoms with van der Waals surface area (Å²) in [5, 5.41) is 3.30. The van der Waals surface area contributed by atoms with Crippen LogP contribution in [0.1, 0.15) is 20.3 Å². The van der Waals surface area contributed by atoms with Gasteiger partial charge < -0.3 is 15.0 Å². The Hall–Kier alpha value is -0.120. The Kier molecular flexibility index (Phi) is 8.40. The minimum atomic E-state index is 0.375. The maximum Gasteiger partial charge on any atom is 0.0697 e. The molecule has 0 aliphatic rings. The molecule has 0 aromatic rings. The van der Waals surface area contributed by atoms with Crippen LogP contribution < -0.4 is 5.32 Å². The highest BCUT2D eigenvalue weighted by Gasteiger charge is 2.04. The van der Waals surface area contributed by atoms with E-state index in [1.54, 1.807) is 0 Å². The molecule has 13 heavy (non-hydrogen) atoms. The molecule has 1 N–H and O–H groups in total. The van der Waals surface area contributed by atoms with Gasteiger partial charge in [0.15, 0.2) is 0 Å². The van der Waals surface area contributed by atoms with E-state index in [2.05, 4.69) is 38.2 Å². The van der Waals surface area contributed by atoms with E-state index in [4.69, 9.17) is 4.74 Å². The molecule has 0 radical (unpaired) electrons. The Labute approximate surface area is 82.4 Å². The van der Waals surface area contributed by atoms with Crippen molar-refractivity contribution in [1.82, 2.24) is 10.2 Å². The van der Waals surface area contributed by atoms with Gasteiger partial charge in [-0.25, -0.2) is 0 Å². The van der Waals surface area contributed by atoms with Crippen molar-refractivity contribution < 1.29 is 4.74 Å². The van der Waals surface area contributed by atoms with Crippen LogP contribution in [0.4, 0.5) is 0 Å². The molecule has 0 heterocycles. The number of nitrogens with one attached hydrogen (secondary N) is 1. The van der Waals surface area contributed by atoms with Crippen LogP contribution in [0.3, 0.4) is 0 Å². The number of hydrogen-bond donors (Lipinski definition) is 1. The summed E-state index contributed by atoms with van der Waals surface area (Å²) in [6.07, 6.45) is 1.46. The Morgan fingerprint density at radius 1 is 1.31 bits per heavy atom. The van der Waals surface area contributed by atoms with E-state index in [0.717, 1.165) is 32.7 Å². The van der Waals surface area contributed by atoms with E-state index in [0.29, 0.717) is 6.10 Å². The van der Waals surface area contributed by atoms with E-state index >= 15 is 0 Å². The summed E-state index contributed by atoms with van der Waals surface area (Å²) in [5.41, 5.74) is 0. The Bertz CT molecular complexity index is 107. The van der Waals surface area contributed by atoms with Gasteiger partial charge >= 0.3 is 0 Å². The molecular formula is C10H24N2O. The second-order valence-electron chi connectivity index (χ2n) is 3.51. The van der Waals surface area contributed by atoms with E-state index in [-0.39, 0.29) is 0 Å². The van der Waals surface area contributed by atoms with E-state index in [1.165, 1.54) is 0 Å². The summed E-state index contributed by atoms with van der Waals surface area (Å²) in [6, 6.07) is 0. The zero-order valence-corrected chi connectivity index (χ0v) is 9.47. The smallest absolute Gasteiger partial charge is 0.0697 e. The molecule has 3 nitrogen and oxygen atoms in total. The number of likely N-dealkylation sites (N-methyl/N-ethyl adjacent to an activating group) is 2. The molecular weight excluding hydrogens is 164 g/mol. The highest BCUT2D eigenvalue weighted by molar-refractivity contribution is 4.58. The van der Waals surface area contributed by atoms with Crippen molar-refractivity contribution in [3.05, 3.63) is 0 Å². The van der Waals surface area contributed by atoms with Crippen molar-refractivity contribution in [2.24, 2.45) is 0 Å². The molecule has 0 amide bonds. The number of rotatable bonds is 8. The van der Waals surface area contributed by atoms with Crippen LogP contribution in [0.2, 0.25) is 0 Å². The molecule has 0 aromatic heterocycles. The van der Waals surface area contributed by atoms with Crippen molar-refractivity contribution in [3.63, 3.8) is 0 Å². The van der Waals surface area contributed by atoms with Gasteiger partial charge in [0.1, 0.15) is 0 Å². The SMILES string of the molecule is CCNCC(CC)OCCN(C)C. The first-order valence-corrected chi connectivity index (χ1v) is 5.17. The van der Waals surface area contributed by atoms with Crippen molar-refractivity contribution in [2.45, 2.75) is 26.4 Å². The molecule has 0 aliphatic carbocycles. The monoisotopic (exact) mass is 188 g/mol. The van der Waals surface area contributed by atoms with Gasteiger partial charge in [0.05, 0.1) is 12.7 Å². The predicted octanol–water partition coefficient (Wildman–Crippen LogP) is 0.953. The fourth-order valence-corrected chi connectivity index (χ4v) is 1.03. The molecule has 0 saturated carbocycles. The van der Waals surface area contributed by atoms with Crippen molar-refractivity contribution in [2.75, 3.05) is 40.3 Å². The van der Waals surface area contributed by atoms with Gasteiger partial charge in [0, 0.05) is 13.1 Å². The van der Waals surface area contributed by atoms with E-state index in [9.17, 15) is 0 Å². The Morgan fingerprint density at radius 3 is 2.46 bits per heavy atom. The van der Waals surface area contributed by atoms with Gasteiger partial charge in [-0.1, -0.05) is 13.8 Å². The molecule has 0 spiro atoms. The first-order valence-electron chi connectivity index (χ1n) is 5.17. The summed E-state index contributed by atoms with van der Waals surface area (Å²) in [6.45, 7) is 8.11. The topological polar surface area (TPSA) is 24.5 Å². The summed E-state index contributed by atoms with van der Waals surface area (Å²) >= 11 is 0. The van der Waals surface area contributed by atoms with E-state index in [1.807, 2.05) is 0 Å². The van der Waals surface area contributed by atoms with Crippen molar-refractivity contribution in [3.8, 4) is 0 Å². The zero-order valence-electron chi connectivity index (χ0n) is 9.47. The average Bonchev–Trinajstić information content (AvgIpc) is 2.10. The standard InChI is InChI=1S/C10H24N2O/c1-5-10(9-11-6-2)13-8-7-12(3)4/h10-11H,5-9H2,1-4H3. The Morgan fingerprint density at radius 2 is 2.00 bits per heavy atom. The summed E-state index contributed by atoms with van der Waals surface area (Å²) in [7, 11) is 4.13. The minimum absolute atomic E-state index is 0.375. The lowest BCUT2D eigenvalue weighted by molar-refractivity contribution is 0.0424. The van der Waals surface area contributed by atoms with Crippen LogP contribution in [0, 0.1) is 0 Å². The maximum atomic E-state index is 5.70. The molecule has 3 heteroatoms. The largest absolute Gasteiger partial charge is 0.376 e. The lowest BCUT2D eigenvalue weighted by Crippen LogP contribution is -2.30. The van der Waals surface area contributed by atoms with Gasteiger partial charge in [-0.2, -0.15) is 0 Å². The minimum Gasteiger partial charge on any atom is -0.376 e. The molecule has 80 valence electrons. The fourth-order valence-electron chi connectivity index (χ4n) is 1.03. The third-order valence-electron chi connectivity index (χ3n) is 1.97. The van der Waals surface area contributed by atoms with Gasteiger partial charge in [-0.3, -0.25) is 0 Å². The molecule has 0 rings (SSSR count). The number of hydrogen-bond acceptors (Lipinski definition) is 3. The van der Waals surface area contributed by atoms with Crippen LogP contribution in [0.5, 0.6) is 0 Å². The molecule has 1 unspecified atom stereocenters. The fraction of sp³-hybridized carbons (Fsp3) is 1.00. The quantitative estimate of drug-likeness (QED) is 0.614. The van der Waals surface area contributed by atoms with Crippen molar-refractivity contribution in [1.29, 1.82) is 0 Å².